The molecule has 10 heteroatoms. The van der Waals surface area contributed by atoms with Crippen molar-refractivity contribution in [2.24, 2.45) is 5.92 Å². The lowest BCUT2D eigenvalue weighted by molar-refractivity contribution is -0.123. The number of rotatable bonds is 6. The third-order valence-electron chi connectivity index (χ3n) is 6.46. The molecule has 1 saturated carbocycles. The number of hydrogen-bond acceptors (Lipinski definition) is 7. The third kappa shape index (κ3) is 8.22. The van der Waals surface area contributed by atoms with Crippen LogP contribution in [0.2, 0.25) is 0 Å². The average Bonchev–Trinajstić information content (AvgIpc) is 3.51. The summed E-state index contributed by atoms with van der Waals surface area (Å²) < 4.78 is 14.0. The lowest BCUT2D eigenvalue weighted by Crippen LogP contribution is -2.40. The molecule has 0 atom stereocenters. The molecule has 2 aliphatic heterocycles. The van der Waals surface area contributed by atoms with E-state index in [4.69, 9.17) is 19.8 Å². The molecule has 0 radical (unpaired) electrons. The Kier molecular flexibility index (Phi) is 11.7. The van der Waals surface area contributed by atoms with Gasteiger partial charge in [0.25, 0.3) is 12.9 Å². The van der Waals surface area contributed by atoms with Gasteiger partial charge >= 0.3 is 0 Å². The minimum absolute atomic E-state index is 0.250. The van der Waals surface area contributed by atoms with Gasteiger partial charge < -0.3 is 25.3 Å². The van der Waals surface area contributed by atoms with E-state index in [1.54, 1.807) is 0 Å². The first-order valence-corrected chi connectivity index (χ1v) is 11.5. The van der Waals surface area contributed by atoms with E-state index in [2.05, 4.69) is 20.2 Å². The van der Waals surface area contributed by atoms with Crippen molar-refractivity contribution in [1.82, 2.24) is 14.9 Å². The van der Waals surface area contributed by atoms with Crippen molar-refractivity contribution in [2.75, 3.05) is 42.9 Å². The van der Waals surface area contributed by atoms with Gasteiger partial charge in [-0.15, -0.1) is 0 Å². The lowest BCUT2D eigenvalue weighted by atomic mass is 9.92. The highest BCUT2D eigenvalue weighted by molar-refractivity contribution is 5.44. The first-order valence-electron chi connectivity index (χ1n) is 11.5. The summed E-state index contributed by atoms with van der Waals surface area (Å²) in [7, 11) is 0. The van der Waals surface area contributed by atoms with Crippen molar-refractivity contribution in [3.05, 3.63) is 12.0 Å². The Hall–Kier alpha value is -2.49. The SMILES string of the molecule is Fc1cnc(NCCC2CCN(C3CCCC3)CC2)nc1N1CCCC1.O=CO.O=CO. The summed E-state index contributed by atoms with van der Waals surface area (Å²) >= 11 is 0. The van der Waals surface area contributed by atoms with Crippen LogP contribution in [0.5, 0.6) is 0 Å². The van der Waals surface area contributed by atoms with Crippen LogP contribution in [0.15, 0.2) is 6.20 Å². The Morgan fingerprint density at radius 3 is 2.19 bits per heavy atom. The van der Waals surface area contributed by atoms with E-state index in [1.165, 1.54) is 57.8 Å². The Bertz CT molecular complexity index is 670. The van der Waals surface area contributed by atoms with E-state index in [0.717, 1.165) is 50.9 Å². The summed E-state index contributed by atoms with van der Waals surface area (Å²) in [5, 5.41) is 17.1. The van der Waals surface area contributed by atoms with E-state index < -0.39 is 0 Å². The summed E-state index contributed by atoms with van der Waals surface area (Å²) in [6.07, 6.45) is 13.0. The molecule has 0 spiro atoms. The lowest BCUT2D eigenvalue weighted by Gasteiger charge is -2.36. The van der Waals surface area contributed by atoms with Crippen LogP contribution in [0.25, 0.3) is 0 Å². The first kappa shape index (κ1) is 25.8. The number of piperidine rings is 1. The fourth-order valence-electron chi connectivity index (χ4n) is 4.86. The normalized spacial score (nSPS) is 19.5. The minimum atomic E-state index is -0.309. The molecule has 1 aromatic rings. The van der Waals surface area contributed by atoms with Crippen molar-refractivity contribution < 1.29 is 24.2 Å². The molecule has 0 unspecified atom stereocenters. The van der Waals surface area contributed by atoms with E-state index >= 15 is 0 Å². The van der Waals surface area contributed by atoms with Crippen molar-refractivity contribution in [3.63, 3.8) is 0 Å². The molecule has 3 N–H and O–H groups in total. The first-order chi connectivity index (χ1) is 15.6. The van der Waals surface area contributed by atoms with Gasteiger partial charge in [0.05, 0.1) is 6.20 Å². The maximum atomic E-state index is 14.0. The molecule has 9 nitrogen and oxygen atoms in total. The molecule has 1 aliphatic carbocycles. The van der Waals surface area contributed by atoms with Gasteiger partial charge in [-0.05, 0) is 64.0 Å². The topological polar surface area (TPSA) is 119 Å². The number of carbonyl (C=O) groups is 2. The van der Waals surface area contributed by atoms with Crippen LogP contribution in [0.3, 0.4) is 0 Å². The summed E-state index contributed by atoms with van der Waals surface area (Å²) in [4.78, 5) is 30.0. The predicted molar refractivity (Wildman–Crippen MR) is 120 cm³/mol. The number of anilines is 2. The van der Waals surface area contributed by atoms with Crippen LogP contribution in [0.1, 0.15) is 57.8 Å². The highest BCUT2D eigenvalue weighted by atomic mass is 19.1. The van der Waals surface area contributed by atoms with Crippen LogP contribution in [0, 0.1) is 11.7 Å². The standard InChI is InChI=1S/C20H32FN5.2CH2O2/c21-18-15-23-20(24-19(18)26-11-3-4-12-26)22-10-7-16-8-13-25(14-9-16)17-5-1-2-6-17;2*2-1-3/h15-17H,1-14H2,(H,22,23,24);2*1H,(H,2,3). The van der Waals surface area contributed by atoms with Crippen LogP contribution in [-0.4, -0.2) is 76.8 Å². The second kappa shape index (κ2) is 14.5. The third-order valence-corrected chi connectivity index (χ3v) is 6.46. The molecule has 32 heavy (non-hydrogen) atoms. The van der Waals surface area contributed by atoms with Gasteiger partial charge in [0.15, 0.2) is 11.6 Å². The van der Waals surface area contributed by atoms with Crippen molar-refractivity contribution in [3.8, 4) is 0 Å². The van der Waals surface area contributed by atoms with Crippen molar-refractivity contribution in [2.45, 2.75) is 63.8 Å². The van der Waals surface area contributed by atoms with E-state index in [9.17, 15) is 4.39 Å². The van der Waals surface area contributed by atoms with Gasteiger partial charge in [0.2, 0.25) is 5.95 Å². The monoisotopic (exact) mass is 453 g/mol. The molecular weight excluding hydrogens is 417 g/mol. The summed E-state index contributed by atoms with van der Waals surface area (Å²) in [5.41, 5.74) is 0. The Morgan fingerprint density at radius 2 is 1.59 bits per heavy atom. The van der Waals surface area contributed by atoms with Gasteiger partial charge in [-0.2, -0.15) is 4.98 Å². The smallest absolute Gasteiger partial charge is 0.290 e. The number of hydrogen-bond donors (Lipinski definition) is 3. The van der Waals surface area contributed by atoms with Crippen LogP contribution >= 0.6 is 0 Å². The number of nitrogens with zero attached hydrogens (tertiary/aromatic N) is 4. The summed E-state index contributed by atoms with van der Waals surface area (Å²) in [6.45, 7) is 4.70. The molecular formula is C22H36FN5O4. The Morgan fingerprint density at radius 1 is 1.00 bits per heavy atom. The molecule has 3 aliphatic rings. The zero-order valence-electron chi connectivity index (χ0n) is 18.7. The minimum Gasteiger partial charge on any atom is -0.483 e. The highest BCUT2D eigenvalue weighted by Gasteiger charge is 2.27. The number of aromatic nitrogens is 2. The molecule has 4 rings (SSSR count). The Labute approximate surface area is 189 Å². The number of halogens is 1. The van der Waals surface area contributed by atoms with E-state index in [1.807, 2.05) is 4.90 Å². The van der Waals surface area contributed by atoms with Gasteiger partial charge in [-0.25, -0.2) is 9.37 Å². The fraction of sp³-hybridized carbons (Fsp3) is 0.727. The van der Waals surface area contributed by atoms with Gasteiger partial charge in [-0.1, -0.05) is 12.8 Å². The van der Waals surface area contributed by atoms with Gasteiger partial charge in [-0.3, -0.25) is 9.59 Å². The molecule has 3 heterocycles. The van der Waals surface area contributed by atoms with Gasteiger partial charge in [0, 0.05) is 25.7 Å². The van der Waals surface area contributed by atoms with Gasteiger partial charge in [0.1, 0.15) is 0 Å². The van der Waals surface area contributed by atoms with E-state index in [0.29, 0.717) is 11.8 Å². The fourth-order valence-corrected chi connectivity index (χ4v) is 4.86. The van der Waals surface area contributed by atoms with Crippen molar-refractivity contribution >= 4 is 24.7 Å². The summed E-state index contributed by atoms with van der Waals surface area (Å²) in [5.74, 6) is 1.51. The highest BCUT2D eigenvalue weighted by Crippen LogP contribution is 2.29. The second-order valence-corrected chi connectivity index (χ2v) is 8.40. The van der Waals surface area contributed by atoms with Crippen molar-refractivity contribution in [1.29, 1.82) is 0 Å². The second-order valence-electron chi connectivity index (χ2n) is 8.40. The molecule has 3 fully saturated rings. The average molecular weight is 454 g/mol. The number of carboxylic acid groups (broad SMARTS) is 2. The molecule has 1 aromatic heterocycles. The maximum absolute atomic E-state index is 14.0. The zero-order chi connectivity index (χ0) is 23.2. The quantitative estimate of drug-likeness (QED) is 0.558. The predicted octanol–water partition coefficient (Wildman–Crippen LogP) is 3.07. The molecule has 0 amide bonds. The number of likely N-dealkylation sites (tertiary alicyclic amines) is 1. The number of nitrogens with one attached hydrogen (secondary N) is 1. The molecule has 180 valence electrons. The van der Waals surface area contributed by atoms with Crippen LogP contribution in [-0.2, 0) is 9.59 Å². The summed E-state index contributed by atoms with van der Waals surface area (Å²) in [6, 6.07) is 0.866. The largest absolute Gasteiger partial charge is 0.483 e. The van der Waals surface area contributed by atoms with Crippen LogP contribution < -0.4 is 10.2 Å². The van der Waals surface area contributed by atoms with E-state index in [-0.39, 0.29) is 18.8 Å². The molecule has 0 bridgehead atoms. The maximum Gasteiger partial charge on any atom is 0.290 e. The molecule has 2 saturated heterocycles. The zero-order valence-corrected chi connectivity index (χ0v) is 18.7. The molecule has 0 aromatic carbocycles. The Balaban J connectivity index is 0.000000547. The van der Waals surface area contributed by atoms with Crippen LogP contribution in [0.4, 0.5) is 16.2 Å².